The molecule has 4 aromatic heterocycles. The third kappa shape index (κ3) is 9.68. The second kappa shape index (κ2) is 16.3. The Morgan fingerprint density at radius 2 is 1.08 bits per heavy atom. The number of carboxylic acids is 2. The third-order valence-corrected chi connectivity index (χ3v) is 9.75. The Hall–Kier alpha value is -4.20. The van der Waals surface area contributed by atoms with Crippen molar-refractivity contribution >= 4 is 38.0 Å². The molecular formula is C31H35N5O10P2. The van der Waals surface area contributed by atoms with Gasteiger partial charge in [0.1, 0.15) is 6.04 Å². The molecule has 254 valence electrons. The maximum absolute atomic E-state index is 12.5. The van der Waals surface area contributed by atoms with Crippen molar-refractivity contribution in [3.8, 4) is 22.8 Å². The second-order valence-electron chi connectivity index (χ2n) is 10.4. The summed E-state index contributed by atoms with van der Waals surface area (Å²) in [6.07, 6.45) is -0.604. The lowest BCUT2D eigenvalue weighted by Crippen LogP contribution is -2.41. The molecule has 0 aromatic carbocycles. The van der Waals surface area contributed by atoms with Gasteiger partial charge in [0.25, 0.3) is 0 Å². The van der Waals surface area contributed by atoms with Gasteiger partial charge in [-0.2, -0.15) is 0 Å². The molecule has 0 amide bonds. The molecule has 4 aromatic rings. The highest BCUT2D eigenvalue weighted by molar-refractivity contribution is 7.61. The normalized spacial score (nSPS) is 14.6. The fourth-order valence-corrected chi connectivity index (χ4v) is 6.75. The Bertz CT molecular complexity index is 1740. The smallest absolute Gasteiger partial charge is 0.376 e. The summed E-state index contributed by atoms with van der Waals surface area (Å²) in [6, 6.07) is 17.8. The predicted octanol–water partition coefficient (Wildman–Crippen LogP) is 3.62. The summed E-state index contributed by atoms with van der Waals surface area (Å²) in [7, 11) is -8.30. The van der Waals surface area contributed by atoms with Crippen LogP contribution in [0.4, 0.5) is 0 Å². The summed E-state index contributed by atoms with van der Waals surface area (Å²) in [6.45, 7) is 3.12. The van der Waals surface area contributed by atoms with Crippen LogP contribution in [-0.4, -0.2) is 76.0 Å². The summed E-state index contributed by atoms with van der Waals surface area (Å²) >= 11 is 0. The zero-order valence-corrected chi connectivity index (χ0v) is 27.9. The molecule has 0 spiro atoms. The van der Waals surface area contributed by atoms with E-state index >= 15 is 0 Å². The summed E-state index contributed by atoms with van der Waals surface area (Å²) in [5.74, 6) is -2.39. The molecule has 17 heteroatoms. The van der Waals surface area contributed by atoms with Crippen LogP contribution < -0.4 is 10.9 Å². The molecular weight excluding hydrogens is 664 g/mol. The maximum atomic E-state index is 12.5. The van der Waals surface area contributed by atoms with E-state index in [2.05, 4.69) is 19.9 Å². The molecule has 0 saturated carbocycles. The summed E-state index contributed by atoms with van der Waals surface area (Å²) in [5, 5.41) is 19.5. The van der Waals surface area contributed by atoms with E-state index in [9.17, 15) is 38.7 Å². The highest BCUT2D eigenvalue weighted by Gasteiger charge is 2.29. The van der Waals surface area contributed by atoms with Gasteiger partial charge in [0.05, 0.1) is 47.4 Å². The number of aromatic nitrogens is 4. The lowest BCUT2D eigenvalue weighted by atomic mass is 10.1. The van der Waals surface area contributed by atoms with Gasteiger partial charge in [-0.3, -0.25) is 23.6 Å². The lowest BCUT2D eigenvalue weighted by Gasteiger charge is -2.28. The van der Waals surface area contributed by atoms with E-state index in [0.717, 1.165) is 0 Å². The average molecular weight is 700 g/mol. The van der Waals surface area contributed by atoms with Crippen LogP contribution in [-0.2, 0) is 40.9 Å². The van der Waals surface area contributed by atoms with Crippen LogP contribution in [0.2, 0.25) is 0 Å². The van der Waals surface area contributed by atoms with Crippen LogP contribution in [0.1, 0.15) is 38.1 Å². The van der Waals surface area contributed by atoms with Crippen molar-refractivity contribution in [1.29, 1.82) is 0 Å². The van der Waals surface area contributed by atoms with E-state index in [1.54, 1.807) is 74.5 Å². The van der Waals surface area contributed by atoms with Crippen LogP contribution in [0.3, 0.4) is 0 Å². The van der Waals surface area contributed by atoms with E-state index in [4.69, 9.17) is 9.05 Å². The quantitative estimate of drug-likeness (QED) is 0.116. The fourth-order valence-electron chi connectivity index (χ4n) is 4.76. The first-order chi connectivity index (χ1) is 22.8. The monoisotopic (exact) mass is 699 g/mol. The van der Waals surface area contributed by atoms with Gasteiger partial charge in [0.2, 0.25) is 0 Å². The van der Waals surface area contributed by atoms with Gasteiger partial charge in [-0.05, 0) is 68.8 Å². The van der Waals surface area contributed by atoms with Crippen molar-refractivity contribution < 1.29 is 47.8 Å². The minimum Gasteiger partial charge on any atom is -0.481 e. The molecule has 4 N–H and O–H groups in total. The lowest BCUT2D eigenvalue weighted by molar-refractivity contribution is -0.145. The molecule has 3 atom stereocenters. The molecule has 0 fully saturated rings. The molecule has 0 bridgehead atoms. The minimum atomic E-state index is -4.15. The number of aliphatic carboxylic acids is 2. The Balaban J connectivity index is 1.67. The standard InChI is InChI=1S/C31H35N5O10P2/c1-3-45-47(41,42)28-15-7-13-25(34-28)23-11-5-9-21(32-23)19-36(27(31(39)40)17-18-30(37)38)20-22-10-6-12-24(33-22)26-14-8-16-29(35-26)48(43,44)46-4-2/h5-16,27H,3-4,17-20H2,1-2H3,(H,37,38)(H,39,40)(H,41,42)(H,43,44). The topological polar surface area (TPSA) is 222 Å². The highest BCUT2D eigenvalue weighted by atomic mass is 31.2. The first-order valence-corrected chi connectivity index (χ1v) is 18.0. The largest absolute Gasteiger partial charge is 0.481 e. The number of hydrogen-bond acceptors (Lipinski definition) is 11. The van der Waals surface area contributed by atoms with Gasteiger partial charge >= 0.3 is 27.1 Å². The zero-order chi connectivity index (χ0) is 34.9. The van der Waals surface area contributed by atoms with Crippen molar-refractivity contribution in [1.82, 2.24) is 24.8 Å². The van der Waals surface area contributed by atoms with Crippen LogP contribution in [0, 0.1) is 0 Å². The summed E-state index contributed by atoms with van der Waals surface area (Å²) in [5.41, 5.74) is 1.80. The maximum Gasteiger partial charge on any atom is 0.376 e. The van der Waals surface area contributed by atoms with Crippen molar-refractivity contribution in [2.45, 2.75) is 45.8 Å². The van der Waals surface area contributed by atoms with Crippen LogP contribution >= 0.6 is 15.2 Å². The molecule has 4 rings (SSSR count). The fraction of sp³-hybridized carbons (Fsp3) is 0.290. The van der Waals surface area contributed by atoms with E-state index in [-0.39, 0.29) is 55.0 Å². The summed E-state index contributed by atoms with van der Waals surface area (Å²) < 4.78 is 35.0. The third-order valence-electron chi connectivity index (χ3n) is 6.88. The van der Waals surface area contributed by atoms with Crippen LogP contribution in [0.15, 0.2) is 72.8 Å². The van der Waals surface area contributed by atoms with Gasteiger partial charge in [-0.1, -0.05) is 24.3 Å². The number of rotatable bonds is 17. The first kappa shape index (κ1) is 36.6. The van der Waals surface area contributed by atoms with Gasteiger partial charge in [-0.15, -0.1) is 0 Å². The van der Waals surface area contributed by atoms with Gasteiger partial charge in [-0.25, -0.2) is 19.9 Å². The van der Waals surface area contributed by atoms with Crippen molar-refractivity contribution in [3.05, 3.63) is 84.2 Å². The van der Waals surface area contributed by atoms with Crippen molar-refractivity contribution in [2.24, 2.45) is 0 Å². The number of hydrogen-bond donors (Lipinski definition) is 4. The summed E-state index contributed by atoms with van der Waals surface area (Å²) in [4.78, 5) is 63.7. The Labute approximate surface area is 276 Å². The first-order valence-electron chi connectivity index (χ1n) is 14.8. The number of pyridine rings is 4. The second-order valence-corrected chi connectivity index (χ2v) is 13.9. The number of nitrogens with zero attached hydrogens (tertiary/aromatic N) is 5. The molecule has 0 aliphatic carbocycles. The van der Waals surface area contributed by atoms with Crippen LogP contribution in [0.25, 0.3) is 22.8 Å². The minimum absolute atomic E-state index is 0.00912. The molecule has 15 nitrogen and oxygen atoms in total. The molecule has 3 unspecified atom stereocenters. The Kier molecular flexibility index (Phi) is 12.4. The molecule has 0 aliphatic heterocycles. The van der Waals surface area contributed by atoms with E-state index < -0.39 is 39.6 Å². The molecule has 48 heavy (non-hydrogen) atoms. The van der Waals surface area contributed by atoms with E-state index in [0.29, 0.717) is 22.8 Å². The van der Waals surface area contributed by atoms with Crippen LogP contribution in [0.5, 0.6) is 0 Å². The highest BCUT2D eigenvalue weighted by Crippen LogP contribution is 2.40. The van der Waals surface area contributed by atoms with Gasteiger partial charge < -0.3 is 29.0 Å². The van der Waals surface area contributed by atoms with Gasteiger partial charge in [0.15, 0.2) is 10.9 Å². The molecule has 0 aliphatic rings. The SMILES string of the molecule is CCOP(=O)(O)c1cccc(-c2cccc(CN(Cc3cccc(-c4cccc(P(=O)(O)OCC)n4)n3)C(CCC(=O)O)C(=O)O)n2)n1. The Morgan fingerprint density at radius 1 is 0.688 bits per heavy atom. The van der Waals surface area contributed by atoms with Crippen molar-refractivity contribution in [3.63, 3.8) is 0 Å². The number of carboxylic acid groups (broad SMARTS) is 2. The molecule has 0 saturated heterocycles. The van der Waals surface area contributed by atoms with E-state index in [1.165, 1.54) is 17.0 Å². The average Bonchev–Trinajstić information content (AvgIpc) is 3.05. The van der Waals surface area contributed by atoms with Crippen molar-refractivity contribution in [2.75, 3.05) is 13.2 Å². The zero-order valence-electron chi connectivity index (χ0n) is 26.1. The molecule has 0 radical (unpaired) electrons. The Morgan fingerprint density at radius 3 is 1.46 bits per heavy atom. The predicted molar refractivity (Wildman–Crippen MR) is 175 cm³/mol. The van der Waals surface area contributed by atoms with Gasteiger partial charge in [0, 0.05) is 19.5 Å². The number of carbonyl (C=O) groups is 2. The molecule has 4 heterocycles. The van der Waals surface area contributed by atoms with E-state index in [1.807, 2.05) is 0 Å².